The first-order valence-corrected chi connectivity index (χ1v) is 25.2. The van der Waals surface area contributed by atoms with Gasteiger partial charge in [0.05, 0.1) is 19.8 Å². The van der Waals surface area contributed by atoms with Crippen molar-refractivity contribution in [1.82, 2.24) is 0 Å². The SMILES string of the molecule is C=CCCCCCCCCCCCCCCCC(=O)OC[C@H](CO[C@@H]1O[C@H](CO[C@@H]2O[C@H](CO)[C@H](O)C(O)C2O)[C@H](O)C(O)C1O)OC(=O)CCCCCCCCCCCCCCC. The van der Waals surface area contributed by atoms with Crippen molar-refractivity contribution >= 4 is 11.9 Å². The van der Waals surface area contributed by atoms with Crippen LogP contribution in [0.4, 0.5) is 0 Å². The Hall–Kier alpha value is -1.76. The summed E-state index contributed by atoms with van der Waals surface area (Å²) in [4.78, 5) is 25.7. The molecule has 4 unspecified atom stereocenters. The first-order chi connectivity index (χ1) is 31.0. The van der Waals surface area contributed by atoms with E-state index >= 15 is 0 Å². The van der Waals surface area contributed by atoms with Crippen LogP contribution in [0.15, 0.2) is 12.7 Å². The second-order valence-electron chi connectivity index (χ2n) is 18.1. The minimum atomic E-state index is -1.76. The van der Waals surface area contributed by atoms with Crippen molar-refractivity contribution in [3.63, 3.8) is 0 Å². The van der Waals surface area contributed by atoms with Gasteiger partial charge in [0.2, 0.25) is 0 Å². The van der Waals surface area contributed by atoms with Crippen LogP contribution < -0.4 is 0 Å². The number of esters is 2. The van der Waals surface area contributed by atoms with E-state index in [1.807, 2.05) is 6.08 Å². The number of carbonyl (C=O) groups excluding carboxylic acids is 2. The van der Waals surface area contributed by atoms with Gasteiger partial charge in [-0.25, -0.2) is 0 Å². The topological polar surface area (TPSA) is 231 Å². The highest BCUT2D eigenvalue weighted by Crippen LogP contribution is 2.26. The van der Waals surface area contributed by atoms with E-state index in [4.69, 9.17) is 28.4 Å². The largest absolute Gasteiger partial charge is 0.462 e. The van der Waals surface area contributed by atoms with Crippen LogP contribution in [0.1, 0.15) is 193 Å². The summed E-state index contributed by atoms with van der Waals surface area (Å²) in [6.45, 7) is 4.13. The third kappa shape index (κ3) is 25.4. The fourth-order valence-corrected chi connectivity index (χ4v) is 8.20. The molecule has 64 heavy (non-hydrogen) atoms. The van der Waals surface area contributed by atoms with Gasteiger partial charge in [0, 0.05) is 12.8 Å². The number of aliphatic hydroxyl groups excluding tert-OH is 7. The lowest BCUT2D eigenvalue weighted by Crippen LogP contribution is -2.61. The standard InChI is InChI=1S/C49H90O15/c1-3-5-7-9-11-13-15-17-18-20-21-23-25-27-29-31-40(51)59-34-37(62-41(52)32-30-28-26-24-22-19-16-14-12-10-8-6-4-2)35-60-48-47(58)45(56)43(54)39(64-48)36-61-49-46(57)44(55)42(53)38(33-50)63-49/h3,37-39,42-50,53-58H,1,4-36H2,2H3/t37-,38-,39-,42+,43+,44?,45?,46?,47?,48-,49-/m1/s1. The average molecular weight is 919 g/mol. The number of aliphatic hydroxyl groups is 7. The molecule has 15 heteroatoms. The molecule has 2 aliphatic heterocycles. The minimum Gasteiger partial charge on any atom is -0.462 e. The Labute approximate surface area is 384 Å². The molecule has 2 fully saturated rings. The summed E-state index contributed by atoms with van der Waals surface area (Å²) >= 11 is 0. The van der Waals surface area contributed by atoms with Gasteiger partial charge in [-0.1, -0.05) is 161 Å². The minimum absolute atomic E-state index is 0.170. The molecule has 0 amide bonds. The van der Waals surface area contributed by atoms with E-state index in [0.29, 0.717) is 12.8 Å². The van der Waals surface area contributed by atoms with Gasteiger partial charge in [0.15, 0.2) is 18.7 Å². The van der Waals surface area contributed by atoms with Crippen molar-refractivity contribution < 1.29 is 73.8 Å². The zero-order valence-electron chi connectivity index (χ0n) is 39.4. The maximum absolute atomic E-state index is 13.0. The molecule has 7 N–H and O–H groups in total. The first-order valence-electron chi connectivity index (χ1n) is 25.2. The number of rotatable bonds is 40. The van der Waals surface area contributed by atoms with Crippen molar-refractivity contribution in [3.05, 3.63) is 12.7 Å². The van der Waals surface area contributed by atoms with Crippen LogP contribution in [0, 0.1) is 0 Å². The van der Waals surface area contributed by atoms with Crippen LogP contribution >= 0.6 is 0 Å². The molecule has 2 aliphatic rings. The van der Waals surface area contributed by atoms with Gasteiger partial charge in [0.25, 0.3) is 0 Å². The zero-order chi connectivity index (χ0) is 46.8. The van der Waals surface area contributed by atoms with Gasteiger partial charge in [-0.05, 0) is 25.7 Å². The van der Waals surface area contributed by atoms with Crippen molar-refractivity contribution in [1.29, 1.82) is 0 Å². The molecule has 0 bridgehead atoms. The highest BCUT2D eigenvalue weighted by molar-refractivity contribution is 5.70. The van der Waals surface area contributed by atoms with E-state index in [-0.39, 0.29) is 26.1 Å². The molecule has 2 rings (SSSR count). The molecule has 0 aliphatic carbocycles. The van der Waals surface area contributed by atoms with Crippen LogP contribution in [-0.4, -0.2) is 142 Å². The molecule has 15 nitrogen and oxygen atoms in total. The van der Waals surface area contributed by atoms with Gasteiger partial charge >= 0.3 is 11.9 Å². The van der Waals surface area contributed by atoms with Gasteiger partial charge in [-0.3, -0.25) is 9.59 Å². The molecular formula is C49H90O15. The van der Waals surface area contributed by atoms with E-state index in [0.717, 1.165) is 44.9 Å². The third-order valence-electron chi connectivity index (χ3n) is 12.4. The van der Waals surface area contributed by atoms with Crippen LogP contribution in [0.2, 0.25) is 0 Å². The van der Waals surface area contributed by atoms with Crippen LogP contribution in [0.3, 0.4) is 0 Å². The van der Waals surface area contributed by atoms with E-state index < -0.39 is 92.7 Å². The van der Waals surface area contributed by atoms with Gasteiger partial charge < -0.3 is 64.2 Å². The van der Waals surface area contributed by atoms with Crippen LogP contribution in [0.5, 0.6) is 0 Å². The Balaban J connectivity index is 1.81. The average Bonchev–Trinajstić information content (AvgIpc) is 3.29. The first kappa shape index (κ1) is 58.4. The highest BCUT2D eigenvalue weighted by Gasteiger charge is 2.47. The summed E-state index contributed by atoms with van der Waals surface area (Å²) in [7, 11) is 0. The number of ether oxygens (including phenoxy) is 6. The summed E-state index contributed by atoms with van der Waals surface area (Å²) in [6, 6.07) is 0. The summed E-state index contributed by atoms with van der Waals surface area (Å²) in [5, 5.41) is 72.0. The van der Waals surface area contributed by atoms with Gasteiger partial charge in [-0.2, -0.15) is 0 Å². The molecule has 0 aromatic carbocycles. The number of hydrogen-bond acceptors (Lipinski definition) is 15. The summed E-state index contributed by atoms with van der Waals surface area (Å²) in [5.74, 6) is -0.918. The summed E-state index contributed by atoms with van der Waals surface area (Å²) in [5.41, 5.74) is 0. The highest BCUT2D eigenvalue weighted by atomic mass is 16.7. The van der Waals surface area contributed by atoms with Crippen molar-refractivity contribution in [3.8, 4) is 0 Å². The second-order valence-corrected chi connectivity index (χ2v) is 18.1. The quantitative estimate of drug-likeness (QED) is 0.0195. The van der Waals surface area contributed by atoms with E-state index in [2.05, 4.69) is 13.5 Å². The Bertz CT molecular complexity index is 1160. The Kier molecular flexibility index (Phi) is 34.0. The molecule has 0 aromatic heterocycles. The Morgan fingerprint density at radius 3 is 1.39 bits per heavy atom. The summed E-state index contributed by atoms with van der Waals surface area (Å²) < 4.78 is 33.6. The van der Waals surface area contributed by atoms with E-state index in [9.17, 15) is 45.3 Å². The molecule has 376 valence electrons. The van der Waals surface area contributed by atoms with Gasteiger partial charge in [0.1, 0.15) is 55.4 Å². The van der Waals surface area contributed by atoms with Crippen molar-refractivity contribution in [2.75, 3.05) is 26.4 Å². The maximum atomic E-state index is 13.0. The molecule has 0 radical (unpaired) electrons. The lowest BCUT2D eigenvalue weighted by Gasteiger charge is -2.42. The smallest absolute Gasteiger partial charge is 0.306 e. The number of unbranched alkanes of at least 4 members (excludes halogenated alkanes) is 25. The van der Waals surface area contributed by atoms with Gasteiger partial charge in [-0.15, -0.1) is 6.58 Å². The normalized spacial score (nSPS) is 26.4. The maximum Gasteiger partial charge on any atom is 0.306 e. The molecular weight excluding hydrogens is 829 g/mol. The lowest BCUT2D eigenvalue weighted by molar-refractivity contribution is -0.332. The molecule has 0 saturated carbocycles. The predicted molar refractivity (Wildman–Crippen MR) is 243 cm³/mol. The van der Waals surface area contributed by atoms with E-state index in [1.54, 1.807) is 0 Å². The third-order valence-corrected chi connectivity index (χ3v) is 12.4. The van der Waals surface area contributed by atoms with E-state index in [1.165, 1.54) is 116 Å². The molecule has 0 aromatic rings. The number of carbonyl (C=O) groups is 2. The molecule has 11 atom stereocenters. The molecule has 2 saturated heterocycles. The van der Waals surface area contributed by atoms with Crippen LogP contribution in [0.25, 0.3) is 0 Å². The zero-order valence-corrected chi connectivity index (χ0v) is 39.4. The monoisotopic (exact) mass is 919 g/mol. The summed E-state index contributed by atoms with van der Waals surface area (Å²) in [6.07, 6.45) is 17.0. The number of allylic oxidation sites excluding steroid dienone is 1. The fraction of sp³-hybridized carbons (Fsp3) is 0.918. The van der Waals surface area contributed by atoms with Crippen molar-refractivity contribution in [2.45, 2.75) is 261 Å². The lowest BCUT2D eigenvalue weighted by atomic mass is 9.98. The Morgan fingerprint density at radius 2 is 0.922 bits per heavy atom. The predicted octanol–water partition coefficient (Wildman–Crippen LogP) is 6.60. The number of hydrogen-bond donors (Lipinski definition) is 7. The molecule has 2 heterocycles. The fourth-order valence-electron chi connectivity index (χ4n) is 8.20. The van der Waals surface area contributed by atoms with Crippen molar-refractivity contribution in [2.24, 2.45) is 0 Å². The van der Waals surface area contributed by atoms with Crippen LogP contribution in [-0.2, 0) is 38.0 Å². The molecule has 0 spiro atoms. The Morgan fingerprint density at radius 1 is 0.516 bits per heavy atom. The second kappa shape index (κ2) is 37.2.